The number of benzene rings is 3. The first kappa shape index (κ1) is 26.0. The second kappa shape index (κ2) is 9.74. The third-order valence-electron chi connectivity index (χ3n) is 5.48. The Morgan fingerprint density at radius 3 is 2.00 bits per heavy atom. The molecule has 0 aliphatic rings. The number of nitrogens with one attached hydrogen (secondary N) is 1. The predicted molar refractivity (Wildman–Crippen MR) is 125 cm³/mol. The van der Waals surface area contributed by atoms with Gasteiger partial charge in [0.1, 0.15) is 5.82 Å². The van der Waals surface area contributed by atoms with Gasteiger partial charge in [0.15, 0.2) is 10.8 Å². The Balaban J connectivity index is 1.98. The van der Waals surface area contributed by atoms with Crippen LogP contribution < -0.4 is 5.32 Å². The Bertz CT molecular complexity index is 1340. The molecule has 0 saturated heterocycles. The molecule has 0 saturated carbocycles. The first-order chi connectivity index (χ1) is 16.9. The van der Waals surface area contributed by atoms with Crippen molar-refractivity contribution in [2.45, 2.75) is 24.3 Å². The molecule has 1 unspecified atom stereocenters. The van der Waals surface area contributed by atoms with E-state index < -0.39 is 35.0 Å². The van der Waals surface area contributed by atoms with Crippen molar-refractivity contribution in [3.8, 4) is 0 Å². The Kier molecular flexibility index (Phi) is 7.03. The average Bonchev–Trinajstić information content (AvgIpc) is 3.28. The Labute approximate surface area is 210 Å². The van der Waals surface area contributed by atoms with Gasteiger partial charge in [0.05, 0.1) is 11.1 Å². The van der Waals surface area contributed by atoms with Gasteiger partial charge in [-0.25, -0.2) is 9.37 Å². The number of anilines is 1. The summed E-state index contributed by atoms with van der Waals surface area (Å²) in [5.41, 5.74) is -3.21. The van der Waals surface area contributed by atoms with Crippen molar-refractivity contribution >= 4 is 28.1 Å². The molecule has 1 heterocycles. The van der Waals surface area contributed by atoms with Gasteiger partial charge in [0.25, 0.3) is 0 Å². The summed E-state index contributed by atoms with van der Waals surface area (Å²) in [4.78, 5) is 3.61. The summed E-state index contributed by atoms with van der Waals surface area (Å²) in [5.74, 6) is -1.15. The van der Waals surface area contributed by atoms with Gasteiger partial charge in [-0.2, -0.15) is 26.3 Å². The van der Waals surface area contributed by atoms with E-state index in [4.69, 9.17) is 11.6 Å². The standard InChI is InChI=1S/C25H16ClF7N2S/c26-19-8-6-16(7-9-19)23(13-15-4-2-1-3-5-15,35-22-34-21(14-36-22)25(31,32)33)17-10-18(24(28,29)30)12-20(27)11-17/h1-12,14H,13H2,(H,34,35). The summed E-state index contributed by atoms with van der Waals surface area (Å²) >= 11 is 6.66. The summed E-state index contributed by atoms with van der Waals surface area (Å²) in [6, 6.07) is 16.7. The molecule has 1 aromatic heterocycles. The maximum Gasteiger partial charge on any atom is 0.434 e. The van der Waals surface area contributed by atoms with Crippen molar-refractivity contribution in [3.05, 3.63) is 117 Å². The molecule has 2 nitrogen and oxygen atoms in total. The molecule has 3 aromatic carbocycles. The van der Waals surface area contributed by atoms with E-state index in [9.17, 15) is 30.7 Å². The van der Waals surface area contributed by atoms with Crippen molar-refractivity contribution in [2.75, 3.05) is 5.32 Å². The topological polar surface area (TPSA) is 24.9 Å². The van der Waals surface area contributed by atoms with Gasteiger partial charge >= 0.3 is 12.4 Å². The molecule has 188 valence electrons. The fourth-order valence-electron chi connectivity index (χ4n) is 3.84. The number of nitrogens with zero attached hydrogens (tertiary/aromatic N) is 1. The lowest BCUT2D eigenvalue weighted by Crippen LogP contribution is -2.39. The van der Waals surface area contributed by atoms with Crippen LogP contribution in [0.3, 0.4) is 0 Å². The summed E-state index contributed by atoms with van der Waals surface area (Å²) in [7, 11) is 0. The van der Waals surface area contributed by atoms with Gasteiger partial charge in [-0.1, -0.05) is 54.1 Å². The predicted octanol–water partition coefficient (Wildman–Crippen LogP) is 8.57. The second-order valence-electron chi connectivity index (χ2n) is 7.96. The molecule has 0 aliphatic heterocycles. The number of alkyl halides is 6. The highest BCUT2D eigenvalue weighted by atomic mass is 35.5. The Hall–Kier alpha value is -3.11. The molecule has 1 N–H and O–H groups in total. The van der Waals surface area contributed by atoms with Crippen LogP contribution in [0, 0.1) is 5.82 Å². The van der Waals surface area contributed by atoms with Gasteiger partial charge < -0.3 is 5.32 Å². The smallest absolute Gasteiger partial charge is 0.348 e. The Morgan fingerprint density at radius 1 is 0.778 bits per heavy atom. The van der Waals surface area contributed by atoms with Crippen LogP contribution in [0.15, 0.2) is 78.2 Å². The normalized spacial score (nSPS) is 13.9. The van der Waals surface area contributed by atoms with Crippen LogP contribution in [0.25, 0.3) is 0 Å². The van der Waals surface area contributed by atoms with Gasteiger partial charge in [-0.05, 0) is 47.0 Å². The minimum atomic E-state index is -4.86. The van der Waals surface area contributed by atoms with Crippen LogP contribution in [-0.2, 0) is 24.3 Å². The minimum absolute atomic E-state index is 0.0445. The van der Waals surface area contributed by atoms with E-state index in [1.807, 2.05) is 0 Å². The molecule has 4 aromatic rings. The minimum Gasteiger partial charge on any atom is -0.348 e. The number of aromatic nitrogens is 1. The molecule has 11 heteroatoms. The van der Waals surface area contributed by atoms with Gasteiger partial charge in [-0.15, -0.1) is 11.3 Å². The van der Waals surface area contributed by atoms with E-state index in [-0.39, 0.29) is 17.1 Å². The van der Waals surface area contributed by atoms with Crippen molar-refractivity contribution in [1.29, 1.82) is 0 Å². The second-order valence-corrected chi connectivity index (χ2v) is 9.26. The SMILES string of the molecule is Fc1cc(C(F)(F)F)cc(C(Cc2ccccc2)(Nc2nc(C(F)(F)F)cs2)c2ccc(Cl)cc2)c1. The van der Waals surface area contributed by atoms with Crippen LogP contribution in [0.5, 0.6) is 0 Å². The lowest BCUT2D eigenvalue weighted by atomic mass is 9.77. The number of thiazole rings is 1. The molecule has 0 fully saturated rings. The lowest BCUT2D eigenvalue weighted by Gasteiger charge is -2.37. The van der Waals surface area contributed by atoms with Gasteiger partial charge in [0, 0.05) is 16.8 Å². The molecule has 1 atom stereocenters. The number of hydrogen-bond donors (Lipinski definition) is 1. The number of hydrogen-bond acceptors (Lipinski definition) is 3. The fraction of sp³-hybridized carbons (Fsp3) is 0.160. The summed E-state index contributed by atoms with van der Waals surface area (Å²) in [6.45, 7) is 0. The van der Waals surface area contributed by atoms with E-state index in [0.29, 0.717) is 33.6 Å². The zero-order valence-electron chi connectivity index (χ0n) is 18.1. The molecule has 4 rings (SSSR count). The van der Waals surface area contributed by atoms with E-state index >= 15 is 0 Å². The molecular weight excluding hydrogens is 529 g/mol. The van der Waals surface area contributed by atoms with Gasteiger partial charge in [-0.3, -0.25) is 0 Å². The zero-order chi connectivity index (χ0) is 26.1. The van der Waals surface area contributed by atoms with Crippen LogP contribution in [0.4, 0.5) is 35.9 Å². The maximum atomic E-state index is 14.6. The Morgan fingerprint density at radius 2 is 1.42 bits per heavy atom. The first-order valence-corrected chi connectivity index (χ1v) is 11.6. The van der Waals surface area contributed by atoms with Crippen LogP contribution in [0.2, 0.25) is 5.02 Å². The molecule has 0 amide bonds. The highest BCUT2D eigenvalue weighted by Crippen LogP contribution is 2.42. The number of rotatable bonds is 6. The van der Waals surface area contributed by atoms with Gasteiger partial charge in [0.2, 0.25) is 0 Å². The molecule has 0 spiro atoms. The zero-order valence-corrected chi connectivity index (χ0v) is 19.7. The summed E-state index contributed by atoms with van der Waals surface area (Å²) in [5, 5.41) is 3.84. The fourth-order valence-corrected chi connectivity index (χ4v) is 4.76. The molecular formula is C25H16ClF7N2S. The molecule has 36 heavy (non-hydrogen) atoms. The lowest BCUT2D eigenvalue weighted by molar-refractivity contribution is -0.140. The van der Waals surface area contributed by atoms with Crippen molar-refractivity contribution in [3.63, 3.8) is 0 Å². The first-order valence-electron chi connectivity index (χ1n) is 10.4. The van der Waals surface area contributed by atoms with Crippen molar-refractivity contribution in [2.24, 2.45) is 0 Å². The summed E-state index contributed by atoms with van der Waals surface area (Å²) < 4.78 is 95.2. The third kappa shape index (κ3) is 5.65. The van der Waals surface area contributed by atoms with Crippen molar-refractivity contribution in [1.82, 2.24) is 4.98 Å². The van der Waals surface area contributed by atoms with Crippen LogP contribution in [-0.4, -0.2) is 4.98 Å². The monoisotopic (exact) mass is 544 g/mol. The number of halogens is 8. The highest BCUT2D eigenvalue weighted by molar-refractivity contribution is 7.13. The van der Waals surface area contributed by atoms with E-state index in [1.54, 1.807) is 30.3 Å². The average molecular weight is 545 g/mol. The van der Waals surface area contributed by atoms with Crippen LogP contribution >= 0.6 is 22.9 Å². The van der Waals surface area contributed by atoms with Crippen LogP contribution in [0.1, 0.15) is 27.9 Å². The molecule has 0 aliphatic carbocycles. The third-order valence-corrected chi connectivity index (χ3v) is 6.49. The largest absolute Gasteiger partial charge is 0.434 e. The van der Waals surface area contributed by atoms with Crippen molar-refractivity contribution < 1.29 is 30.7 Å². The molecule has 0 bridgehead atoms. The van der Waals surface area contributed by atoms with E-state index in [0.717, 1.165) is 17.5 Å². The van der Waals surface area contributed by atoms with E-state index in [2.05, 4.69) is 10.3 Å². The van der Waals surface area contributed by atoms with E-state index in [1.165, 1.54) is 24.3 Å². The molecule has 0 radical (unpaired) electrons. The highest BCUT2D eigenvalue weighted by Gasteiger charge is 2.40. The quantitative estimate of drug-likeness (QED) is 0.246. The maximum absolute atomic E-state index is 14.6. The summed E-state index contributed by atoms with van der Waals surface area (Å²) in [6.07, 6.45) is -9.63.